The molecule has 0 bridgehead atoms. The van der Waals surface area contributed by atoms with Crippen LogP contribution in [-0.2, 0) is 4.74 Å². The SMILES string of the molecule is COc1cc(C(Cl)OC)cc2ccccc12. The molecular weight excluding hydrogens is 224 g/mol. The van der Waals surface area contributed by atoms with Crippen molar-refractivity contribution in [3.8, 4) is 5.75 Å². The number of alkyl halides is 1. The van der Waals surface area contributed by atoms with Crippen LogP contribution < -0.4 is 4.74 Å². The molecule has 84 valence electrons. The second-order valence-corrected chi connectivity index (χ2v) is 3.89. The van der Waals surface area contributed by atoms with Gasteiger partial charge in [0.1, 0.15) is 5.75 Å². The Morgan fingerprint density at radius 2 is 1.88 bits per heavy atom. The maximum Gasteiger partial charge on any atom is 0.156 e. The molecule has 1 unspecified atom stereocenters. The molecule has 0 saturated carbocycles. The van der Waals surface area contributed by atoms with Gasteiger partial charge in [0.2, 0.25) is 0 Å². The van der Waals surface area contributed by atoms with Gasteiger partial charge in [-0.3, -0.25) is 0 Å². The summed E-state index contributed by atoms with van der Waals surface area (Å²) in [5.74, 6) is 0.816. The van der Waals surface area contributed by atoms with Crippen LogP contribution in [-0.4, -0.2) is 14.2 Å². The summed E-state index contributed by atoms with van der Waals surface area (Å²) in [7, 11) is 3.24. The van der Waals surface area contributed by atoms with Gasteiger partial charge in [0.15, 0.2) is 5.56 Å². The Morgan fingerprint density at radius 3 is 2.56 bits per heavy atom. The molecule has 2 aromatic carbocycles. The number of hydrogen-bond acceptors (Lipinski definition) is 2. The van der Waals surface area contributed by atoms with Gasteiger partial charge in [-0.2, -0.15) is 0 Å². The smallest absolute Gasteiger partial charge is 0.156 e. The summed E-state index contributed by atoms with van der Waals surface area (Å²) in [5, 5.41) is 2.17. The Balaban J connectivity index is 2.63. The van der Waals surface area contributed by atoms with Gasteiger partial charge < -0.3 is 9.47 Å². The molecule has 0 aliphatic carbocycles. The fraction of sp³-hybridized carbons (Fsp3) is 0.231. The second kappa shape index (κ2) is 4.73. The molecule has 0 aromatic heterocycles. The Bertz CT molecular complexity index is 496. The monoisotopic (exact) mass is 236 g/mol. The van der Waals surface area contributed by atoms with Gasteiger partial charge >= 0.3 is 0 Å². The molecule has 0 aliphatic rings. The van der Waals surface area contributed by atoms with E-state index in [1.807, 2.05) is 36.4 Å². The van der Waals surface area contributed by atoms with E-state index in [0.717, 1.165) is 22.1 Å². The van der Waals surface area contributed by atoms with Crippen molar-refractivity contribution in [3.05, 3.63) is 42.0 Å². The van der Waals surface area contributed by atoms with Gasteiger partial charge in [0.05, 0.1) is 7.11 Å². The second-order valence-electron chi connectivity index (χ2n) is 3.50. The molecule has 0 aliphatic heterocycles. The van der Waals surface area contributed by atoms with Crippen molar-refractivity contribution in [2.24, 2.45) is 0 Å². The van der Waals surface area contributed by atoms with E-state index < -0.39 is 5.56 Å². The van der Waals surface area contributed by atoms with E-state index in [-0.39, 0.29) is 0 Å². The van der Waals surface area contributed by atoms with Crippen LogP contribution in [0.5, 0.6) is 5.75 Å². The number of fused-ring (bicyclic) bond motifs is 1. The van der Waals surface area contributed by atoms with Crippen LogP contribution in [0, 0.1) is 0 Å². The average Bonchev–Trinajstić information content (AvgIpc) is 2.36. The van der Waals surface area contributed by atoms with E-state index in [1.54, 1.807) is 14.2 Å². The third kappa shape index (κ3) is 1.99. The van der Waals surface area contributed by atoms with Gasteiger partial charge in [-0.1, -0.05) is 35.9 Å². The number of halogens is 1. The van der Waals surface area contributed by atoms with Crippen molar-refractivity contribution in [1.82, 2.24) is 0 Å². The van der Waals surface area contributed by atoms with E-state index in [0.29, 0.717) is 0 Å². The van der Waals surface area contributed by atoms with Crippen LogP contribution in [0.3, 0.4) is 0 Å². The largest absolute Gasteiger partial charge is 0.496 e. The normalized spacial score (nSPS) is 12.7. The lowest BCUT2D eigenvalue weighted by Gasteiger charge is -2.12. The third-order valence-corrected chi connectivity index (χ3v) is 2.97. The van der Waals surface area contributed by atoms with Gasteiger partial charge in [0, 0.05) is 18.1 Å². The highest BCUT2D eigenvalue weighted by Gasteiger charge is 2.10. The molecule has 0 saturated heterocycles. The van der Waals surface area contributed by atoms with Crippen LogP contribution in [0.1, 0.15) is 11.1 Å². The summed E-state index contributed by atoms with van der Waals surface area (Å²) in [6.45, 7) is 0. The lowest BCUT2D eigenvalue weighted by molar-refractivity contribution is 0.169. The molecule has 16 heavy (non-hydrogen) atoms. The van der Waals surface area contributed by atoms with E-state index >= 15 is 0 Å². The van der Waals surface area contributed by atoms with Crippen LogP contribution in [0.15, 0.2) is 36.4 Å². The van der Waals surface area contributed by atoms with Crippen molar-refractivity contribution in [3.63, 3.8) is 0 Å². The van der Waals surface area contributed by atoms with Crippen molar-refractivity contribution in [2.75, 3.05) is 14.2 Å². The molecule has 3 heteroatoms. The van der Waals surface area contributed by atoms with Gasteiger partial charge in [0.25, 0.3) is 0 Å². The number of methoxy groups -OCH3 is 2. The van der Waals surface area contributed by atoms with Crippen molar-refractivity contribution in [1.29, 1.82) is 0 Å². The minimum Gasteiger partial charge on any atom is -0.496 e. The molecular formula is C13H13ClO2. The zero-order valence-electron chi connectivity index (χ0n) is 9.24. The fourth-order valence-corrected chi connectivity index (χ4v) is 1.86. The first-order valence-electron chi connectivity index (χ1n) is 5.00. The average molecular weight is 237 g/mol. The summed E-state index contributed by atoms with van der Waals surface area (Å²) in [6, 6.07) is 11.9. The Morgan fingerprint density at radius 1 is 1.12 bits per heavy atom. The first kappa shape index (κ1) is 11.2. The zero-order chi connectivity index (χ0) is 11.5. The molecule has 0 spiro atoms. The maximum absolute atomic E-state index is 6.04. The van der Waals surface area contributed by atoms with E-state index in [1.165, 1.54) is 0 Å². The summed E-state index contributed by atoms with van der Waals surface area (Å²) in [4.78, 5) is 0. The highest BCUT2D eigenvalue weighted by Crippen LogP contribution is 2.32. The van der Waals surface area contributed by atoms with Crippen LogP contribution in [0.4, 0.5) is 0 Å². The molecule has 0 heterocycles. The number of benzene rings is 2. The molecule has 2 aromatic rings. The fourth-order valence-electron chi connectivity index (χ4n) is 1.73. The maximum atomic E-state index is 6.04. The topological polar surface area (TPSA) is 18.5 Å². The molecule has 2 rings (SSSR count). The Hall–Kier alpha value is -1.25. The number of ether oxygens (including phenoxy) is 2. The predicted octanol–water partition coefficient (Wildman–Crippen LogP) is 3.73. The minimum atomic E-state index is -0.446. The summed E-state index contributed by atoms with van der Waals surface area (Å²) in [5.41, 5.74) is 0.457. The van der Waals surface area contributed by atoms with Crippen molar-refractivity contribution in [2.45, 2.75) is 5.56 Å². The molecule has 0 amide bonds. The van der Waals surface area contributed by atoms with E-state index in [4.69, 9.17) is 21.1 Å². The van der Waals surface area contributed by atoms with Gasteiger partial charge in [-0.15, -0.1) is 0 Å². The molecule has 2 nitrogen and oxygen atoms in total. The zero-order valence-corrected chi connectivity index (χ0v) is 9.99. The first-order chi connectivity index (χ1) is 7.76. The summed E-state index contributed by atoms with van der Waals surface area (Å²) in [6.07, 6.45) is 0. The Labute approximate surface area is 99.7 Å². The first-order valence-corrected chi connectivity index (χ1v) is 5.43. The number of rotatable bonds is 3. The predicted molar refractivity (Wildman–Crippen MR) is 66.1 cm³/mol. The quantitative estimate of drug-likeness (QED) is 0.756. The highest BCUT2D eigenvalue weighted by atomic mass is 35.5. The van der Waals surface area contributed by atoms with E-state index in [9.17, 15) is 0 Å². The van der Waals surface area contributed by atoms with Crippen LogP contribution in [0.25, 0.3) is 10.8 Å². The molecule has 0 radical (unpaired) electrons. The standard InChI is InChI=1S/C13H13ClO2/c1-15-12-8-10(13(14)16-2)7-9-5-3-4-6-11(9)12/h3-8,13H,1-2H3. The summed E-state index contributed by atoms with van der Waals surface area (Å²) < 4.78 is 10.4. The lowest BCUT2D eigenvalue weighted by atomic mass is 10.1. The van der Waals surface area contributed by atoms with Crippen LogP contribution >= 0.6 is 11.6 Å². The summed E-state index contributed by atoms with van der Waals surface area (Å²) >= 11 is 6.04. The Kier molecular flexibility index (Phi) is 3.32. The molecule has 0 fully saturated rings. The molecule has 0 N–H and O–H groups in total. The van der Waals surface area contributed by atoms with Gasteiger partial charge in [-0.25, -0.2) is 0 Å². The molecule has 1 atom stereocenters. The highest BCUT2D eigenvalue weighted by molar-refractivity contribution is 6.20. The van der Waals surface area contributed by atoms with Crippen molar-refractivity contribution >= 4 is 22.4 Å². The number of hydrogen-bond donors (Lipinski definition) is 0. The van der Waals surface area contributed by atoms with Gasteiger partial charge in [-0.05, 0) is 17.5 Å². The minimum absolute atomic E-state index is 0.446. The van der Waals surface area contributed by atoms with Crippen molar-refractivity contribution < 1.29 is 9.47 Å². The van der Waals surface area contributed by atoms with E-state index in [2.05, 4.69) is 0 Å². The van der Waals surface area contributed by atoms with Crippen LogP contribution in [0.2, 0.25) is 0 Å². The lowest BCUT2D eigenvalue weighted by Crippen LogP contribution is -1.95. The third-order valence-electron chi connectivity index (χ3n) is 2.54.